The number of ether oxygens (including phenoxy) is 2. The van der Waals surface area contributed by atoms with Gasteiger partial charge in [-0.2, -0.15) is 8.78 Å². The van der Waals surface area contributed by atoms with Crippen molar-refractivity contribution in [2.75, 3.05) is 13.2 Å². The Labute approximate surface area is 165 Å². The molecule has 0 unspecified atom stereocenters. The summed E-state index contributed by atoms with van der Waals surface area (Å²) in [7, 11) is 0. The zero-order valence-electron chi connectivity index (χ0n) is 15.4. The van der Waals surface area contributed by atoms with Crippen LogP contribution >= 0.6 is 24.0 Å². The van der Waals surface area contributed by atoms with Gasteiger partial charge in [-0.25, -0.2) is 4.99 Å². The number of rotatable bonds is 7. The van der Waals surface area contributed by atoms with Crippen molar-refractivity contribution < 1.29 is 18.3 Å². The molecule has 0 spiro atoms. The molecule has 0 saturated carbocycles. The molecule has 0 aliphatic heterocycles. The molecule has 0 amide bonds. The van der Waals surface area contributed by atoms with Gasteiger partial charge in [-0.15, -0.1) is 24.0 Å². The molecule has 0 heterocycles. The SMILES string of the molecule is CCNC(=NCc1ccc(OC(F)F)c(OCC)c1)NC(C)(C)C.I. The van der Waals surface area contributed by atoms with Crippen LogP contribution in [0.5, 0.6) is 11.5 Å². The predicted octanol–water partition coefficient (Wildman–Crippen LogP) is 4.16. The molecule has 2 N–H and O–H groups in total. The van der Waals surface area contributed by atoms with Crippen LogP contribution in [0.2, 0.25) is 0 Å². The molecule has 1 aromatic rings. The normalized spacial score (nSPS) is 11.8. The second-order valence-corrected chi connectivity index (χ2v) is 6.16. The second-order valence-electron chi connectivity index (χ2n) is 6.16. The van der Waals surface area contributed by atoms with E-state index in [4.69, 9.17) is 4.74 Å². The summed E-state index contributed by atoms with van der Waals surface area (Å²) >= 11 is 0. The van der Waals surface area contributed by atoms with Gasteiger partial charge in [-0.3, -0.25) is 0 Å². The van der Waals surface area contributed by atoms with Gasteiger partial charge in [0, 0.05) is 12.1 Å². The van der Waals surface area contributed by atoms with Crippen LogP contribution in [0.3, 0.4) is 0 Å². The van der Waals surface area contributed by atoms with Gasteiger partial charge in [0.2, 0.25) is 0 Å². The smallest absolute Gasteiger partial charge is 0.387 e. The molecule has 1 rings (SSSR count). The van der Waals surface area contributed by atoms with Gasteiger partial charge in [0.05, 0.1) is 13.2 Å². The Bertz CT molecular complexity index is 549. The fourth-order valence-electron chi connectivity index (χ4n) is 1.95. The number of nitrogens with zero attached hydrogens (tertiary/aromatic N) is 1. The van der Waals surface area contributed by atoms with Crippen molar-refractivity contribution >= 4 is 29.9 Å². The molecule has 0 aliphatic carbocycles. The summed E-state index contributed by atoms with van der Waals surface area (Å²) in [6, 6.07) is 4.85. The van der Waals surface area contributed by atoms with Crippen molar-refractivity contribution in [3.63, 3.8) is 0 Å². The van der Waals surface area contributed by atoms with Crippen LogP contribution in [0.1, 0.15) is 40.2 Å². The summed E-state index contributed by atoms with van der Waals surface area (Å²) in [5.41, 5.74) is 0.720. The summed E-state index contributed by atoms with van der Waals surface area (Å²) in [6.07, 6.45) is 0. The third kappa shape index (κ3) is 9.66. The lowest BCUT2D eigenvalue weighted by atomic mass is 10.1. The average Bonchev–Trinajstić information content (AvgIpc) is 2.45. The number of benzene rings is 1. The summed E-state index contributed by atoms with van der Waals surface area (Å²) < 4.78 is 34.7. The Hall–Kier alpha value is -1.32. The van der Waals surface area contributed by atoms with Crippen LogP contribution in [0.4, 0.5) is 8.78 Å². The highest BCUT2D eigenvalue weighted by molar-refractivity contribution is 14.0. The Kier molecular flexibility index (Phi) is 10.7. The van der Waals surface area contributed by atoms with Crippen molar-refractivity contribution in [2.45, 2.75) is 53.3 Å². The van der Waals surface area contributed by atoms with Gasteiger partial charge in [0.25, 0.3) is 0 Å². The minimum Gasteiger partial charge on any atom is -0.490 e. The van der Waals surface area contributed by atoms with Crippen LogP contribution in [-0.4, -0.2) is 31.3 Å². The Morgan fingerprint density at radius 1 is 1.20 bits per heavy atom. The lowest BCUT2D eigenvalue weighted by Crippen LogP contribution is -2.47. The number of alkyl halides is 2. The molecule has 1 aromatic carbocycles. The molecule has 5 nitrogen and oxygen atoms in total. The Morgan fingerprint density at radius 2 is 1.88 bits per heavy atom. The maximum absolute atomic E-state index is 12.4. The fraction of sp³-hybridized carbons (Fsp3) is 0.588. The van der Waals surface area contributed by atoms with Crippen molar-refractivity contribution in [3.05, 3.63) is 23.8 Å². The first-order valence-electron chi connectivity index (χ1n) is 8.02. The van der Waals surface area contributed by atoms with Crippen molar-refractivity contribution in [2.24, 2.45) is 4.99 Å². The van der Waals surface area contributed by atoms with Crippen molar-refractivity contribution in [1.82, 2.24) is 10.6 Å². The second kappa shape index (κ2) is 11.3. The molecule has 0 bridgehead atoms. The van der Waals surface area contributed by atoms with E-state index in [9.17, 15) is 8.78 Å². The number of hydrogen-bond donors (Lipinski definition) is 2. The minimum absolute atomic E-state index is 0. The zero-order valence-corrected chi connectivity index (χ0v) is 17.7. The summed E-state index contributed by atoms with van der Waals surface area (Å²) in [6.45, 7) is 8.52. The zero-order chi connectivity index (χ0) is 18.2. The fourth-order valence-corrected chi connectivity index (χ4v) is 1.95. The van der Waals surface area contributed by atoms with E-state index in [0.29, 0.717) is 24.9 Å². The molecule has 0 fully saturated rings. The highest BCUT2D eigenvalue weighted by Gasteiger charge is 2.13. The largest absolute Gasteiger partial charge is 0.490 e. The number of hydrogen-bond acceptors (Lipinski definition) is 3. The molecule has 8 heteroatoms. The van der Waals surface area contributed by atoms with Crippen LogP contribution < -0.4 is 20.1 Å². The van der Waals surface area contributed by atoms with Gasteiger partial charge in [-0.05, 0) is 52.3 Å². The van der Waals surface area contributed by atoms with Crippen LogP contribution in [0.25, 0.3) is 0 Å². The van der Waals surface area contributed by atoms with Gasteiger partial charge in [-0.1, -0.05) is 6.07 Å². The molecule has 0 saturated heterocycles. The third-order valence-electron chi connectivity index (χ3n) is 2.78. The minimum atomic E-state index is -2.88. The molecular formula is C17H28F2IN3O2. The topological polar surface area (TPSA) is 54.9 Å². The van der Waals surface area contributed by atoms with E-state index in [0.717, 1.165) is 12.1 Å². The number of halogens is 3. The van der Waals surface area contributed by atoms with Crippen LogP contribution in [0, 0.1) is 0 Å². The van der Waals surface area contributed by atoms with E-state index < -0.39 is 6.61 Å². The number of nitrogens with one attached hydrogen (secondary N) is 2. The maximum atomic E-state index is 12.4. The summed E-state index contributed by atoms with van der Waals surface area (Å²) in [5, 5.41) is 6.46. The van der Waals surface area contributed by atoms with Crippen molar-refractivity contribution in [3.8, 4) is 11.5 Å². The molecular weight excluding hydrogens is 443 g/mol. The van der Waals surface area contributed by atoms with Gasteiger partial charge >= 0.3 is 6.61 Å². The van der Waals surface area contributed by atoms with E-state index in [1.54, 1.807) is 19.1 Å². The Balaban J connectivity index is 0.00000576. The summed E-state index contributed by atoms with van der Waals surface area (Å²) in [5.74, 6) is 1.01. The number of guanidine groups is 1. The first kappa shape index (κ1) is 23.7. The Morgan fingerprint density at radius 3 is 2.40 bits per heavy atom. The number of aliphatic imine (C=N–C) groups is 1. The lowest BCUT2D eigenvalue weighted by molar-refractivity contribution is -0.0514. The monoisotopic (exact) mass is 471 g/mol. The van der Waals surface area contributed by atoms with E-state index in [1.807, 2.05) is 27.7 Å². The van der Waals surface area contributed by atoms with E-state index >= 15 is 0 Å². The van der Waals surface area contributed by atoms with Crippen LogP contribution in [-0.2, 0) is 6.54 Å². The predicted molar refractivity (Wildman–Crippen MR) is 107 cm³/mol. The highest BCUT2D eigenvalue weighted by atomic mass is 127. The van der Waals surface area contributed by atoms with Crippen LogP contribution in [0.15, 0.2) is 23.2 Å². The first-order valence-corrected chi connectivity index (χ1v) is 8.02. The molecule has 0 aromatic heterocycles. The standard InChI is InChI=1S/C17H27F2N3O2.HI/c1-6-20-16(22-17(3,4)5)21-11-12-8-9-13(24-15(18)19)14(10-12)23-7-2;/h8-10,15H,6-7,11H2,1-5H3,(H2,20,21,22);1H. The van der Waals surface area contributed by atoms with Gasteiger partial charge < -0.3 is 20.1 Å². The van der Waals surface area contributed by atoms with Gasteiger partial charge in [0.1, 0.15) is 0 Å². The lowest BCUT2D eigenvalue weighted by Gasteiger charge is -2.23. The quantitative estimate of drug-likeness (QED) is 0.357. The summed E-state index contributed by atoms with van der Waals surface area (Å²) in [4.78, 5) is 4.51. The highest BCUT2D eigenvalue weighted by Crippen LogP contribution is 2.30. The molecule has 0 radical (unpaired) electrons. The van der Waals surface area contributed by atoms with E-state index in [2.05, 4.69) is 20.4 Å². The van der Waals surface area contributed by atoms with Crippen molar-refractivity contribution in [1.29, 1.82) is 0 Å². The van der Waals surface area contributed by atoms with E-state index in [-0.39, 0.29) is 35.3 Å². The third-order valence-corrected chi connectivity index (χ3v) is 2.78. The molecule has 25 heavy (non-hydrogen) atoms. The maximum Gasteiger partial charge on any atom is 0.387 e. The van der Waals surface area contributed by atoms with E-state index in [1.165, 1.54) is 6.07 Å². The molecule has 0 atom stereocenters. The molecule has 0 aliphatic rings. The first-order chi connectivity index (χ1) is 11.2. The van der Waals surface area contributed by atoms with Gasteiger partial charge in [0.15, 0.2) is 17.5 Å². The molecule has 144 valence electrons. The average molecular weight is 471 g/mol.